The second kappa shape index (κ2) is 6.86. The number of allylic oxidation sites excluding steroid dienone is 1. The van der Waals surface area contributed by atoms with Crippen molar-refractivity contribution in [2.24, 2.45) is 0 Å². The molecule has 3 rings (SSSR count). The number of anilines is 1. The molecule has 128 valence electrons. The van der Waals surface area contributed by atoms with E-state index >= 15 is 0 Å². The zero-order chi connectivity index (χ0) is 18.0. The zero-order valence-corrected chi connectivity index (χ0v) is 14.1. The number of carbonyl (C=O) groups is 2. The molecule has 1 aliphatic heterocycles. The zero-order valence-electron chi connectivity index (χ0n) is 13.3. The second-order valence-corrected chi connectivity index (χ2v) is 6.00. The molecule has 0 fully saturated rings. The third-order valence-corrected chi connectivity index (χ3v) is 4.19. The topological polar surface area (TPSA) is 90.5 Å². The average molecular weight is 358 g/mol. The van der Waals surface area contributed by atoms with E-state index in [2.05, 4.69) is 16.0 Å². The van der Waals surface area contributed by atoms with Crippen LogP contribution in [0.5, 0.6) is 5.75 Å². The molecule has 1 aliphatic rings. The number of rotatable bonds is 3. The van der Waals surface area contributed by atoms with Crippen LogP contribution in [0, 0.1) is 0 Å². The van der Waals surface area contributed by atoms with Crippen LogP contribution in [0.1, 0.15) is 18.5 Å². The number of hydrogen-bond donors (Lipinski definition) is 4. The summed E-state index contributed by atoms with van der Waals surface area (Å²) in [7, 11) is 0. The number of aromatic hydroxyl groups is 1. The lowest BCUT2D eigenvalue weighted by Crippen LogP contribution is -2.45. The number of nitrogens with one attached hydrogen (secondary N) is 3. The number of benzene rings is 2. The molecule has 1 heterocycles. The van der Waals surface area contributed by atoms with Gasteiger partial charge in [0.1, 0.15) is 5.75 Å². The Kier molecular flexibility index (Phi) is 4.63. The number of phenols is 1. The maximum atomic E-state index is 12.8. The van der Waals surface area contributed by atoms with E-state index in [1.165, 1.54) is 12.1 Å². The van der Waals surface area contributed by atoms with Crippen molar-refractivity contribution in [1.29, 1.82) is 0 Å². The van der Waals surface area contributed by atoms with Gasteiger partial charge in [-0.2, -0.15) is 0 Å². The van der Waals surface area contributed by atoms with Gasteiger partial charge in [0.2, 0.25) is 0 Å². The SMILES string of the molecule is CC1=C(C(=O)Nc2ccccc2Cl)[C@@H](c2ccc(O)cc2)NC(=O)N1. The molecule has 6 nitrogen and oxygen atoms in total. The van der Waals surface area contributed by atoms with Gasteiger partial charge in [0, 0.05) is 5.70 Å². The third-order valence-electron chi connectivity index (χ3n) is 3.86. The monoisotopic (exact) mass is 357 g/mol. The van der Waals surface area contributed by atoms with E-state index in [0.29, 0.717) is 27.5 Å². The van der Waals surface area contributed by atoms with E-state index < -0.39 is 12.1 Å². The van der Waals surface area contributed by atoms with Gasteiger partial charge >= 0.3 is 6.03 Å². The molecule has 0 aromatic heterocycles. The maximum absolute atomic E-state index is 12.8. The molecule has 0 saturated heterocycles. The summed E-state index contributed by atoms with van der Waals surface area (Å²) >= 11 is 6.09. The van der Waals surface area contributed by atoms with Crippen molar-refractivity contribution in [2.45, 2.75) is 13.0 Å². The lowest BCUT2D eigenvalue weighted by molar-refractivity contribution is -0.113. The highest BCUT2D eigenvalue weighted by Crippen LogP contribution is 2.29. The fourth-order valence-electron chi connectivity index (χ4n) is 2.66. The summed E-state index contributed by atoms with van der Waals surface area (Å²) in [5.74, 6) is -0.275. The Morgan fingerprint density at radius 1 is 1.16 bits per heavy atom. The van der Waals surface area contributed by atoms with Crippen molar-refractivity contribution in [1.82, 2.24) is 10.6 Å². The van der Waals surface area contributed by atoms with Crippen LogP contribution in [0.3, 0.4) is 0 Å². The summed E-state index contributed by atoms with van der Waals surface area (Å²) in [4.78, 5) is 24.7. The largest absolute Gasteiger partial charge is 0.508 e. The number of para-hydroxylation sites is 1. The van der Waals surface area contributed by atoms with Crippen molar-refractivity contribution in [3.63, 3.8) is 0 Å². The van der Waals surface area contributed by atoms with Crippen molar-refractivity contribution >= 4 is 29.2 Å². The van der Waals surface area contributed by atoms with Gasteiger partial charge in [0.15, 0.2) is 0 Å². The predicted molar refractivity (Wildman–Crippen MR) is 95.3 cm³/mol. The van der Waals surface area contributed by atoms with Gasteiger partial charge in [-0.15, -0.1) is 0 Å². The minimum absolute atomic E-state index is 0.104. The minimum Gasteiger partial charge on any atom is -0.508 e. The maximum Gasteiger partial charge on any atom is 0.319 e. The van der Waals surface area contributed by atoms with Crippen LogP contribution in [-0.4, -0.2) is 17.0 Å². The molecular formula is C18H16ClN3O3. The number of amides is 3. The predicted octanol–water partition coefficient (Wildman–Crippen LogP) is 3.31. The molecule has 1 atom stereocenters. The Bertz CT molecular complexity index is 862. The van der Waals surface area contributed by atoms with E-state index in [4.69, 9.17) is 11.6 Å². The van der Waals surface area contributed by atoms with Gasteiger partial charge < -0.3 is 21.1 Å². The molecule has 0 aliphatic carbocycles. The van der Waals surface area contributed by atoms with Crippen LogP contribution < -0.4 is 16.0 Å². The summed E-state index contributed by atoms with van der Waals surface area (Å²) in [6, 6.07) is 12.2. The average Bonchev–Trinajstić information content (AvgIpc) is 2.57. The quantitative estimate of drug-likeness (QED) is 0.679. The number of phenolic OH excluding ortho intramolecular Hbond substituents is 1. The highest BCUT2D eigenvalue weighted by molar-refractivity contribution is 6.33. The van der Waals surface area contributed by atoms with Gasteiger partial charge in [0.25, 0.3) is 5.91 Å². The first-order valence-electron chi connectivity index (χ1n) is 7.59. The van der Waals surface area contributed by atoms with Crippen LogP contribution in [0.2, 0.25) is 5.02 Å². The van der Waals surface area contributed by atoms with Crippen molar-refractivity contribution in [3.05, 3.63) is 70.4 Å². The molecule has 0 unspecified atom stereocenters. The van der Waals surface area contributed by atoms with Crippen LogP contribution in [0.15, 0.2) is 59.8 Å². The standard InChI is InChI=1S/C18H16ClN3O3/c1-10-15(17(24)21-14-5-3-2-4-13(14)19)16(22-18(25)20-10)11-6-8-12(23)9-7-11/h2-9,16,23H,1H3,(H,21,24)(H2,20,22,25)/t16-/m1/s1. The molecule has 3 amide bonds. The third kappa shape index (κ3) is 3.59. The van der Waals surface area contributed by atoms with Crippen LogP contribution in [0.4, 0.5) is 10.5 Å². The number of urea groups is 1. The normalized spacial score (nSPS) is 16.9. The highest BCUT2D eigenvalue weighted by atomic mass is 35.5. The Labute approximate surface area is 149 Å². The fraction of sp³-hybridized carbons (Fsp3) is 0.111. The highest BCUT2D eigenvalue weighted by Gasteiger charge is 2.31. The Morgan fingerprint density at radius 2 is 1.84 bits per heavy atom. The van der Waals surface area contributed by atoms with Crippen molar-refractivity contribution in [2.75, 3.05) is 5.32 Å². The van der Waals surface area contributed by atoms with Gasteiger partial charge in [-0.3, -0.25) is 4.79 Å². The summed E-state index contributed by atoms with van der Waals surface area (Å²) in [6.07, 6.45) is 0. The first-order chi connectivity index (χ1) is 12.0. The first-order valence-corrected chi connectivity index (χ1v) is 7.96. The lowest BCUT2D eigenvalue weighted by Gasteiger charge is -2.28. The molecule has 0 bridgehead atoms. The molecule has 4 N–H and O–H groups in total. The minimum atomic E-state index is -0.642. The van der Waals surface area contributed by atoms with Crippen molar-refractivity contribution < 1.29 is 14.7 Å². The van der Waals surface area contributed by atoms with Crippen LogP contribution in [-0.2, 0) is 4.79 Å². The summed E-state index contributed by atoms with van der Waals surface area (Å²) in [6.45, 7) is 1.66. The van der Waals surface area contributed by atoms with E-state index in [9.17, 15) is 14.7 Å². The van der Waals surface area contributed by atoms with Crippen LogP contribution in [0.25, 0.3) is 0 Å². The smallest absolute Gasteiger partial charge is 0.319 e. The van der Waals surface area contributed by atoms with E-state index in [1.54, 1.807) is 43.3 Å². The van der Waals surface area contributed by atoms with Crippen LogP contribution >= 0.6 is 11.6 Å². The Hall–Kier alpha value is -2.99. The molecule has 0 radical (unpaired) electrons. The summed E-state index contributed by atoms with van der Waals surface area (Å²) in [5.41, 5.74) is 1.98. The number of carbonyl (C=O) groups excluding carboxylic acids is 2. The van der Waals surface area contributed by atoms with E-state index in [0.717, 1.165) is 0 Å². The van der Waals surface area contributed by atoms with Gasteiger partial charge in [0.05, 0.1) is 22.3 Å². The van der Waals surface area contributed by atoms with Gasteiger partial charge in [-0.1, -0.05) is 35.9 Å². The lowest BCUT2D eigenvalue weighted by atomic mass is 9.94. The van der Waals surface area contributed by atoms with E-state index in [-0.39, 0.29) is 11.7 Å². The molecule has 0 spiro atoms. The molecule has 0 saturated carbocycles. The molecule has 25 heavy (non-hydrogen) atoms. The molecule has 2 aromatic carbocycles. The molecule has 7 heteroatoms. The summed E-state index contributed by atoms with van der Waals surface area (Å²) in [5, 5.41) is 18.0. The van der Waals surface area contributed by atoms with E-state index in [1.807, 2.05) is 0 Å². The molecule has 2 aromatic rings. The van der Waals surface area contributed by atoms with Gasteiger partial charge in [-0.25, -0.2) is 4.79 Å². The fourth-order valence-corrected chi connectivity index (χ4v) is 2.85. The van der Waals surface area contributed by atoms with Gasteiger partial charge in [-0.05, 0) is 36.8 Å². The Balaban J connectivity index is 1.96. The number of halogens is 1. The first kappa shape index (κ1) is 16.9. The Morgan fingerprint density at radius 3 is 2.52 bits per heavy atom. The van der Waals surface area contributed by atoms with Crippen molar-refractivity contribution in [3.8, 4) is 5.75 Å². The summed E-state index contributed by atoms with van der Waals surface area (Å²) < 4.78 is 0. The second-order valence-electron chi connectivity index (χ2n) is 5.60. The number of hydrogen-bond acceptors (Lipinski definition) is 3. The molecular weight excluding hydrogens is 342 g/mol.